The van der Waals surface area contributed by atoms with Crippen LogP contribution in [0, 0.1) is 0 Å². The van der Waals surface area contributed by atoms with Crippen molar-refractivity contribution in [2.75, 3.05) is 0 Å². The predicted molar refractivity (Wildman–Crippen MR) is 87.9 cm³/mol. The van der Waals surface area contributed by atoms with Gasteiger partial charge in [0.25, 0.3) is 0 Å². The molecule has 1 aliphatic rings. The number of fused-ring (bicyclic) bond motifs is 1. The van der Waals surface area contributed by atoms with Gasteiger partial charge in [-0.25, -0.2) is 0 Å². The van der Waals surface area contributed by atoms with Gasteiger partial charge in [0.1, 0.15) is 0 Å². The fourth-order valence-electron chi connectivity index (χ4n) is 3.10. The Morgan fingerprint density at radius 1 is 0.955 bits per heavy atom. The Balaban J connectivity index is 1.57. The molecule has 0 atom stereocenters. The Hall–Kier alpha value is -2.16. The van der Waals surface area contributed by atoms with Gasteiger partial charge in [-0.05, 0) is 29.7 Å². The van der Waals surface area contributed by atoms with E-state index in [1.54, 1.807) is 0 Å². The van der Waals surface area contributed by atoms with Crippen LogP contribution < -0.4 is 5.32 Å². The minimum atomic E-state index is 0.000962. The van der Waals surface area contributed by atoms with E-state index in [1.807, 2.05) is 42.5 Å². The average Bonchev–Trinajstić information content (AvgIpc) is 3.05. The molecule has 1 fully saturated rings. The van der Waals surface area contributed by atoms with Crippen LogP contribution in [0.2, 0.25) is 0 Å². The molecule has 0 bridgehead atoms. The third kappa shape index (κ3) is 3.53. The maximum atomic E-state index is 12.3. The first kappa shape index (κ1) is 14.8. The van der Waals surface area contributed by atoms with E-state index in [9.17, 15) is 9.59 Å². The molecule has 0 spiro atoms. The lowest BCUT2D eigenvalue weighted by Gasteiger charge is -2.11. The highest BCUT2D eigenvalue weighted by Gasteiger charge is 2.17. The highest BCUT2D eigenvalue weighted by molar-refractivity contribution is 6.01. The number of hydrogen-bond acceptors (Lipinski definition) is 2. The van der Waals surface area contributed by atoms with E-state index in [0.717, 1.165) is 23.6 Å². The molecule has 0 saturated heterocycles. The maximum absolute atomic E-state index is 12.3. The molecular formula is C19H21NO2. The van der Waals surface area contributed by atoms with E-state index in [-0.39, 0.29) is 24.5 Å². The lowest BCUT2D eigenvalue weighted by molar-refractivity contribution is -0.121. The summed E-state index contributed by atoms with van der Waals surface area (Å²) in [6, 6.07) is 14.0. The van der Waals surface area contributed by atoms with E-state index in [4.69, 9.17) is 0 Å². The fourth-order valence-corrected chi connectivity index (χ4v) is 3.10. The topological polar surface area (TPSA) is 46.2 Å². The van der Waals surface area contributed by atoms with Crippen molar-refractivity contribution in [3.63, 3.8) is 0 Å². The second kappa shape index (κ2) is 6.73. The minimum Gasteiger partial charge on any atom is -0.353 e. The van der Waals surface area contributed by atoms with Crippen LogP contribution in [0.4, 0.5) is 0 Å². The molecule has 0 radical (unpaired) electrons. The van der Waals surface area contributed by atoms with Crippen LogP contribution >= 0.6 is 0 Å². The van der Waals surface area contributed by atoms with Crippen molar-refractivity contribution in [3.8, 4) is 0 Å². The summed E-state index contributed by atoms with van der Waals surface area (Å²) in [6.45, 7) is 0. The first-order chi connectivity index (χ1) is 10.7. The summed E-state index contributed by atoms with van der Waals surface area (Å²) in [5, 5.41) is 5.21. The smallest absolute Gasteiger partial charge is 0.220 e. The van der Waals surface area contributed by atoms with Gasteiger partial charge in [0.15, 0.2) is 5.78 Å². The molecule has 2 aromatic carbocycles. The normalized spacial score (nSPS) is 15.1. The summed E-state index contributed by atoms with van der Waals surface area (Å²) >= 11 is 0. The number of benzene rings is 2. The average molecular weight is 295 g/mol. The zero-order valence-electron chi connectivity index (χ0n) is 12.7. The Morgan fingerprint density at radius 3 is 2.45 bits per heavy atom. The predicted octanol–water partition coefficient (Wildman–Crippen LogP) is 3.86. The summed E-state index contributed by atoms with van der Waals surface area (Å²) in [7, 11) is 0. The summed E-state index contributed by atoms with van der Waals surface area (Å²) in [5.41, 5.74) is 0.687. The van der Waals surface area contributed by atoms with Gasteiger partial charge in [0.05, 0.1) is 0 Å². The Kier molecular flexibility index (Phi) is 4.52. The first-order valence-corrected chi connectivity index (χ1v) is 8.04. The van der Waals surface area contributed by atoms with Gasteiger partial charge in [0, 0.05) is 24.4 Å². The minimum absolute atomic E-state index is 0.000962. The monoisotopic (exact) mass is 295 g/mol. The molecule has 1 N–H and O–H groups in total. The third-order valence-electron chi connectivity index (χ3n) is 4.37. The molecule has 3 heteroatoms. The van der Waals surface area contributed by atoms with E-state index in [0.29, 0.717) is 11.6 Å². The summed E-state index contributed by atoms with van der Waals surface area (Å²) in [4.78, 5) is 24.1. The van der Waals surface area contributed by atoms with E-state index >= 15 is 0 Å². The molecule has 1 saturated carbocycles. The van der Waals surface area contributed by atoms with Gasteiger partial charge >= 0.3 is 0 Å². The molecule has 1 aliphatic carbocycles. The number of rotatable bonds is 5. The number of amides is 1. The highest BCUT2D eigenvalue weighted by atomic mass is 16.2. The number of carbonyl (C=O) groups excluding carboxylic acids is 2. The van der Waals surface area contributed by atoms with Gasteiger partial charge in [-0.3, -0.25) is 9.59 Å². The molecule has 1 amide bonds. The van der Waals surface area contributed by atoms with E-state index < -0.39 is 0 Å². The molecule has 0 aromatic heterocycles. The quantitative estimate of drug-likeness (QED) is 0.851. The van der Waals surface area contributed by atoms with Crippen LogP contribution in [0.3, 0.4) is 0 Å². The van der Waals surface area contributed by atoms with Gasteiger partial charge in [0.2, 0.25) is 5.91 Å². The van der Waals surface area contributed by atoms with Crippen LogP contribution in [0.5, 0.6) is 0 Å². The van der Waals surface area contributed by atoms with Crippen molar-refractivity contribution in [1.29, 1.82) is 0 Å². The van der Waals surface area contributed by atoms with Gasteiger partial charge < -0.3 is 5.32 Å². The zero-order chi connectivity index (χ0) is 15.4. The molecule has 0 unspecified atom stereocenters. The summed E-state index contributed by atoms with van der Waals surface area (Å²) in [5.74, 6) is 0.0355. The standard InChI is InChI=1S/C19H21NO2/c21-18(11-12-19(22)20-17-7-3-4-8-17)16-10-9-14-5-1-2-6-15(14)13-16/h1-2,5-6,9-10,13,17H,3-4,7-8,11-12H2,(H,20,22). The molecule has 3 rings (SSSR count). The van der Waals surface area contributed by atoms with E-state index in [2.05, 4.69) is 5.32 Å². The van der Waals surface area contributed by atoms with Crippen molar-refractivity contribution in [1.82, 2.24) is 5.32 Å². The second-order valence-electron chi connectivity index (χ2n) is 6.03. The summed E-state index contributed by atoms with van der Waals surface area (Å²) in [6.07, 6.45) is 5.09. The van der Waals surface area contributed by atoms with E-state index in [1.165, 1.54) is 12.8 Å². The lowest BCUT2D eigenvalue weighted by atomic mass is 10.0. The molecule has 2 aromatic rings. The molecule has 22 heavy (non-hydrogen) atoms. The van der Waals surface area contributed by atoms with Crippen molar-refractivity contribution in [3.05, 3.63) is 48.0 Å². The van der Waals surface area contributed by atoms with Gasteiger partial charge in [-0.15, -0.1) is 0 Å². The van der Waals surface area contributed by atoms with Crippen molar-refractivity contribution < 1.29 is 9.59 Å². The molecule has 0 heterocycles. The Bertz CT molecular complexity index is 687. The number of ketones is 1. The van der Waals surface area contributed by atoms with Crippen molar-refractivity contribution in [2.45, 2.75) is 44.6 Å². The fraction of sp³-hybridized carbons (Fsp3) is 0.368. The number of nitrogens with one attached hydrogen (secondary N) is 1. The van der Waals surface area contributed by atoms with Crippen LogP contribution in [0.1, 0.15) is 48.9 Å². The Morgan fingerprint density at radius 2 is 1.68 bits per heavy atom. The SMILES string of the molecule is O=C(CCC(=O)c1ccc2ccccc2c1)NC1CCCC1. The zero-order valence-corrected chi connectivity index (χ0v) is 12.7. The number of hydrogen-bond donors (Lipinski definition) is 1. The lowest BCUT2D eigenvalue weighted by Crippen LogP contribution is -2.32. The van der Waals surface area contributed by atoms with Crippen LogP contribution in [-0.2, 0) is 4.79 Å². The largest absolute Gasteiger partial charge is 0.353 e. The van der Waals surface area contributed by atoms with Gasteiger partial charge in [-0.2, -0.15) is 0 Å². The van der Waals surface area contributed by atoms with Crippen LogP contribution in [-0.4, -0.2) is 17.7 Å². The summed E-state index contributed by atoms with van der Waals surface area (Å²) < 4.78 is 0. The molecule has 3 nitrogen and oxygen atoms in total. The van der Waals surface area contributed by atoms with Crippen molar-refractivity contribution in [2.24, 2.45) is 0 Å². The highest BCUT2D eigenvalue weighted by Crippen LogP contribution is 2.19. The van der Waals surface area contributed by atoms with Crippen molar-refractivity contribution >= 4 is 22.5 Å². The van der Waals surface area contributed by atoms with Crippen LogP contribution in [0.25, 0.3) is 10.8 Å². The molecular weight excluding hydrogens is 274 g/mol. The number of Topliss-reactive ketones (excluding diaryl/α,β-unsaturated/α-hetero) is 1. The van der Waals surface area contributed by atoms with Crippen LogP contribution in [0.15, 0.2) is 42.5 Å². The number of carbonyl (C=O) groups is 2. The molecule has 114 valence electrons. The maximum Gasteiger partial charge on any atom is 0.220 e. The van der Waals surface area contributed by atoms with Gasteiger partial charge in [-0.1, -0.05) is 49.2 Å². The first-order valence-electron chi connectivity index (χ1n) is 8.04. The Labute approximate surface area is 130 Å². The molecule has 0 aliphatic heterocycles. The third-order valence-corrected chi connectivity index (χ3v) is 4.37. The second-order valence-corrected chi connectivity index (χ2v) is 6.03.